The molecule has 0 saturated heterocycles. The molecule has 0 spiro atoms. The molecule has 0 aliphatic heterocycles. The van der Waals surface area contributed by atoms with Crippen LogP contribution in [0.5, 0.6) is 0 Å². The minimum atomic E-state index is -0.133. The van der Waals surface area contributed by atoms with Gasteiger partial charge in [0.15, 0.2) is 0 Å². The molecule has 18 heavy (non-hydrogen) atoms. The lowest BCUT2D eigenvalue weighted by molar-refractivity contribution is 0.107. The molecule has 2 N–H and O–H groups in total. The van der Waals surface area contributed by atoms with Crippen LogP contribution in [0.3, 0.4) is 0 Å². The molecule has 1 fully saturated rings. The molecule has 2 unspecified atom stereocenters. The summed E-state index contributed by atoms with van der Waals surface area (Å²) in [5.41, 5.74) is 9.72. The summed E-state index contributed by atoms with van der Waals surface area (Å²) in [4.78, 5) is 0. The van der Waals surface area contributed by atoms with Crippen molar-refractivity contribution in [2.45, 2.75) is 58.9 Å². The van der Waals surface area contributed by atoms with Crippen LogP contribution < -0.4 is 5.73 Å². The van der Waals surface area contributed by atoms with Crippen LogP contribution in [0.2, 0.25) is 0 Å². The first-order valence-electron chi connectivity index (χ1n) is 7.23. The molecule has 1 aromatic rings. The molecule has 1 aliphatic rings. The lowest BCUT2D eigenvalue weighted by Gasteiger charge is -2.46. The number of hydrogen-bond donors (Lipinski definition) is 1. The third-order valence-electron chi connectivity index (χ3n) is 4.32. The molecule has 2 rings (SSSR count). The first-order chi connectivity index (χ1) is 8.35. The molecule has 0 bridgehead atoms. The zero-order valence-electron chi connectivity index (χ0n) is 12.3. The summed E-state index contributed by atoms with van der Waals surface area (Å²) in [7, 11) is 0. The highest BCUT2D eigenvalue weighted by Crippen LogP contribution is 2.47. The lowest BCUT2D eigenvalue weighted by Crippen LogP contribution is -2.46. The third-order valence-corrected chi connectivity index (χ3v) is 4.32. The van der Waals surface area contributed by atoms with Crippen molar-refractivity contribution < 1.29 is 0 Å². The summed E-state index contributed by atoms with van der Waals surface area (Å²) < 4.78 is 0. The molecular weight excluding hydrogens is 218 g/mol. The van der Waals surface area contributed by atoms with Crippen molar-refractivity contribution >= 4 is 0 Å². The number of benzene rings is 1. The van der Waals surface area contributed by atoms with Gasteiger partial charge in [0.05, 0.1) is 0 Å². The van der Waals surface area contributed by atoms with E-state index >= 15 is 0 Å². The number of hydrogen-bond acceptors (Lipinski definition) is 1. The zero-order valence-corrected chi connectivity index (χ0v) is 12.3. The van der Waals surface area contributed by atoms with Crippen molar-refractivity contribution in [1.29, 1.82) is 0 Å². The van der Waals surface area contributed by atoms with Gasteiger partial charge in [0.1, 0.15) is 0 Å². The molecule has 1 saturated carbocycles. The van der Waals surface area contributed by atoms with E-state index in [1.807, 2.05) is 0 Å². The monoisotopic (exact) mass is 245 g/mol. The van der Waals surface area contributed by atoms with Gasteiger partial charge in [0.2, 0.25) is 0 Å². The average molecular weight is 245 g/mol. The molecule has 2 atom stereocenters. The predicted molar refractivity (Wildman–Crippen MR) is 78.5 cm³/mol. The van der Waals surface area contributed by atoms with Crippen LogP contribution in [0.4, 0.5) is 0 Å². The summed E-state index contributed by atoms with van der Waals surface area (Å²) in [6.07, 6.45) is 4.59. The van der Waals surface area contributed by atoms with E-state index in [9.17, 15) is 0 Å². The average Bonchev–Trinajstić information content (AvgIpc) is 2.26. The summed E-state index contributed by atoms with van der Waals surface area (Å²) in [6.45, 7) is 9.25. The Kier molecular flexibility index (Phi) is 3.55. The Bertz CT molecular complexity index is 421. The maximum absolute atomic E-state index is 6.77. The minimum absolute atomic E-state index is 0.133. The fraction of sp³-hybridized carbons (Fsp3) is 0.647. The van der Waals surface area contributed by atoms with E-state index in [2.05, 4.69) is 52.0 Å². The summed E-state index contributed by atoms with van der Waals surface area (Å²) in [5.74, 6) is 0.712. The highest BCUT2D eigenvalue weighted by atomic mass is 14.8. The van der Waals surface area contributed by atoms with E-state index < -0.39 is 0 Å². The summed E-state index contributed by atoms with van der Waals surface area (Å²) in [5, 5.41) is 0. The van der Waals surface area contributed by atoms with Gasteiger partial charge < -0.3 is 5.73 Å². The molecule has 1 nitrogen and oxygen atoms in total. The van der Waals surface area contributed by atoms with Crippen LogP contribution in [0, 0.1) is 11.3 Å². The first kappa shape index (κ1) is 13.6. The van der Waals surface area contributed by atoms with E-state index in [4.69, 9.17) is 5.73 Å². The standard InChI is InChI=1S/C17H27N/c1-5-14-7-6-8-15(9-14)17(18)11-13(2)10-16(3,4)12-17/h6-9,13H,5,10-12,18H2,1-4H3. The van der Waals surface area contributed by atoms with Crippen molar-refractivity contribution in [3.8, 4) is 0 Å². The van der Waals surface area contributed by atoms with E-state index in [-0.39, 0.29) is 5.54 Å². The van der Waals surface area contributed by atoms with Crippen LogP contribution in [0.25, 0.3) is 0 Å². The quantitative estimate of drug-likeness (QED) is 0.828. The second-order valence-corrected chi connectivity index (χ2v) is 7.06. The number of aryl methyl sites for hydroxylation is 1. The van der Waals surface area contributed by atoms with Gasteiger partial charge in [-0.3, -0.25) is 0 Å². The molecule has 0 radical (unpaired) electrons. The van der Waals surface area contributed by atoms with E-state index in [1.54, 1.807) is 0 Å². The second kappa shape index (κ2) is 4.70. The molecule has 1 aromatic carbocycles. The lowest BCUT2D eigenvalue weighted by atomic mass is 9.62. The van der Waals surface area contributed by atoms with Gasteiger partial charge in [-0.15, -0.1) is 0 Å². The third kappa shape index (κ3) is 2.77. The Hall–Kier alpha value is -0.820. The molecule has 0 aromatic heterocycles. The topological polar surface area (TPSA) is 26.0 Å². The largest absolute Gasteiger partial charge is 0.321 e. The van der Waals surface area contributed by atoms with Gasteiger partial charge in [0.25, 0.3) is 0 Å². The van der Waals surface area contributed by atoms with E-state index in [0.29, 0.717) is 11.3 Å². The Morgan fingerprint density at radius 1 is 1.28 bits per heavy atom. The maximum Gasteiger partial charge on any atom is 0.0417 e. The van der Waals surface area contributed by atoms with E-state index in [1.165, 1.54) is 17.5 Å². The maximum atomic E-state index is 6.77. The van der Waals surface area contributed by atoms with Gasteiger partial charge in [-0.2, -0.15) is 0 Å². The van der Waals surface area contributed by atoms with Gasteiger partial charge >= 0.3 is 0 Å². The summed E-state index contributed by atoms with van der Waals surface area (Å²) >= 11 is 0. The van der Waals surface area contributed by atoms with Crippen LogP contribution in [-0.4, -0.2) is 0 Å². The smallest absolute Gasteiger partial charge is 0.0417 e. The van der Waals surface area contributed by atoms with E-state index in [0.717, 1.165) is 19.3 Å². The van der Waals surface area contributed by atoms with Crippen LogP contribution in [0.1, 0.15) is 58.1 Å². The van der Waals surface area contributed by atoms with Crippen molar-refractivity contribution in [3.63, 3.8) is 0 Å². The highest BCUT2D eigenvalue weighted by Gasteiger charge is 2.41. The highest BCUT2D eigenvalue weighted by molar-refractivity contribution is 5.30. The zero-order chi connectivity index (χ0) is 13.4. The Balaban J connectivity index is 2.34. The Labute approximate surface area is 112 Å². The van der Waals surface area contributed by atoms with Crippen LogP contribution in [0.15, 0.2) is 24.3 Å². The van der Waals surface area contributed by atoms with Gasteiger partial charge in [0, 0.05) is 5.54 Å². The van der Waals surface area contributed by atoms with Crippen molar-refractivity contribution in [2.24, 2.45) is 17.1 Å². The fourth-order valence-electron chi connectivity index (χ4n) is 3.96. The predicted octanol–water partition coefficient (Wildman–Crippen LogP) is 4.25. The van der Waals surface area contributed by atoms with Gasteiger partial charge in [-0.1, -0.05) is 52.0 Å². The normalized spacial score (nSPS) is 31.3. The first-order valence-corrected chi connectivity index (χ1v) is 7.23. The molecule has 1 heteroatoms. The van der Waals surface area contributed by atoms with Gasteiger partial charge in [-0.05, 0) is 48.1 Å². The molecule has 0 heterocycles. The van der Waals surface area contributed by atoms with Crippen molar-refractivity contribution in [2.75, 3.05) is 0 Å². The molecule has 0 amide bonds. The molecule has 100 valence electrons. The SMILES string of the molecule is CCc1cccc(C2(N)CC(C)CC(C)(C)C2)c1. The Morgan fingerprint density at radius 3 is 2.61 bits per heavy atom. The molecule has 1 aliphatic carbocycles. The van der Waals surface area contributed by atoms with Crippen molar-refractivity contribution in [1.82, 2.24) is 0 Å². The minimum Gasteiger partial charge on any atom is -0.321 e. The second-order valence-electron chi connectivity index (χ2n) is 7.06. The Morgan fingerprint density at radius 2 is 2.00 bits per heavy atom. The van der Waals surface area contributed by atoms with Crippen molar-refractivity contribution in [3.05, 3.63) is 35.4 Å². The number of nitrogens with two attached hydrogens (primary N) is 1. The van der Waals surface area contributed by atoms with Crippen LogP contribution >= 0.6 is 0 Å². The summed E-state index contributed by atoms with van der Waals surface area (Å²) in [6, 6.07) is 8.89. The molecular formula is C17H27N. The van der Waals surface area contributed by atoms with Gasteiger partial charge in [-0.25, -0.2) is 0 Å². The fourth-order valence-corrected chi connectivity index (χ4v) is 3.96. The number of rotatable bonds is 2. The van der Waals surface area contributed by atoms with Crippen LogP contribution in [-0.2, 0) is 12.0 Å².